The van der Waals surface area contributed by atoms with Crippen LogP contribution < -0.4 is 4.74 Å². The molecule has 1 saturated heterocycles. The zero-order valence-electron chi connectivity index (χ0n) is 12.0. The SMILES string of the molecule is Cc1cccc(OCC(=O)OC2CCCN(C)C2)c1.Cl. The van der Waals surface area contributed by atoms with E-state index in [1.807, 2.05) is 38.2 Å². The average Bonchev–Trinajstić information content (AvgIpc) is 2.36. The molecule has 1 atom stereocenters. The summed E-state index contributed by atoms with van der Waals surface area (Å²) < 4.78 is 10.8. The predicted octanol–water partition coefficient (Wildman–Crippen LogP) is 2.43. The summed E-state index contributed by atoms with van der Waals surface area (Å²) in [5.41, 5.74) is 1.11. The fourth-order valence-electron chi connectivity index (χ4n) is 2.28. The van der Waals surface area contributed by atoms with Crippen molar-refractivity contribution in [2.45, 2.75) is 25.9 Å². The van der Waals surface area contributed by atoms with Gasteiger partial charge < -0.3 is 14.4 Å². The van der Waals surface area contributed by atoms with Crippen LogP contribution >= 0.6 is 12.4 Å². The molecule has 5 heteroatoms. The summed E-state index contributed by atoms with van der Waals surface area (Å²) in [6.45, 7) is 3.86. The molecule has 1 aliphatic heterocycles. The highest BCUT2D eigenvalue weighted by atomic mass is 35.5. The highest BCUT2D eigenvalue weighted by Gasteiger charge is 2.20. The van der Waals surface area contributed by atoms with Crippen LogP contribution in [0.5, 0.6) is 5.75 Å². The largest absolute Gasteiger partial charge is 0.482 e. The first-order chi connectivity index (χ1) is 9.13. The highest BCUT2D eigenvalue weighted by Crippen LogP contribution is 2.14. The lowest BCUT2D eigenvalue weighted by molar-refractivity contribution is -0.153. The van der Waals surface area contributed by atoms with Crippen LogP contribution in [0.1, 0.15) is 18.4 Å². The summed E-state index contributed by atoms with van der Waals surface area (Å²) in [7, 11) is 2.04. The molecule has 0 N–H and O–H groups in total. The van der Waals surface area contributed by atoms with Crippen molar-refractivity contribution in [2.24, 2.45) is 0 Å². The second kappa shape index (κ2) is 8.12. The summed E-state index contributed by atoms with van der Waals surface area (Å²) >= 11 is 0. The van der Waals surface area contributed by atoms with Crippen molar-refractivity contribution in [3.8, 4) is 5.75 Å². The van der Waals surface area contributed by atoms with Gasteiger partial charge in [-0.05, 0) is 51.1 Å². The van der Waals surface area contributed by atoms with Gasteiger partial charge in [0.15, 0.2) is 6.61 Å². The summed E-state index contributed by atoms with van der Waals surface area (Å²) in [6, 6.07) is 7.64. The van der Waals surface area contributed by atoms with Crippen LogP contribution in [0.15, 0.2) is 24.3 Å². The molecule has 1 fully saturated rings. The molecule has 4 nitrogen and oxygen atoms in total. The number of esters is 1. The number of piperidine rings is 1. The maximum atomic E-state index is 11.7. The Morgan fingerprint density at radius 2 is 2.25 bits per heavy atom. The van der Waals surface area contributed by atoms with Crippen LogP contribution in [0, 0.1) is 6.92 Å². The highest BCUT2D eigenvalue weighted by molar-refractivity contribution is 5.85. The van der Waals surface area contributed by atoms with Crippen LogP contribution in [0.25, 0.3) is 0 Å². The Labute approximate surface area is 126 Å². The van der Waals surface area contributed by atoms with Crippen molar-refractivity contribution in [2.75, 3.05) is 26.7 Å². The van der Waals surface area contributed by atoms with Crippen molar-refractivity contribution in [3.63, 3.8) is 0 Å². The number of benzene rings is 1. The van der Waals surface area contributed by atoms with E-state index in [1.165, 1.54) is 0 Å². The number of carbonyl (C=O) groups excluding carboxylic acids is 1. The maximum absolute atomic E-state index is 11.7. The molecule has 1 aliphatic rings. The number of halogens is 1. The zero-order chi connectivity index (χ0) is 13.7. The molecule has 0 bridgehead atoms. The zero-order valence-corrected chi connectivity index (χ0v) is 12.8. The van der Waals surface area contributed by atoms with E-state index in [9.17, 15) is 4.79 Å². The van der Waals surface area contributed by atoms with Crippen LogP contribution in [0.3, 0.4) is 0 Å². The molecular formula is C15H22ClNO3. The number of carbonyl (C=O) groups is 1. The Morgan fingerprint density at radius 3 is 2.95 bits per heavy atom. The Balaban J connectivity index is 0.00000200. The lowest BCUT2D eigenvalue weighted by Gasteiger charge is -2.29. The molecule has 0 aromatic heterocycles. The van der Waals surface area contributed by atoms with Gasteiger partial charge in [-0.3, -0.25) is 0 Å². The van der Waals surface area contributed by atoms with Crippen LogP contribution in [-0.2, 0) is 9.53 Å². The molecule has 112 valence electrons. The van der Waals surface area contributed by atoms with E-state index in [4.69, 9.17) is 9.47 Å². The van der Waals surface area contributed by atoms with E-state index in [0.717, 1.165) is 31.5 Å². The lowest BCUT2D eigenvalue weighted by atomic mass is 10.1. The van der Waals surface area contributed by atoms with Crippen LogP contribution in [0.2, 0.25) is 0 Å². The molecule has 0 aliphatic carbocycles. The summed E-state index contributed by atoms with van der Waals surface area (Å²) in [5, 5.41) is 0. The van der Waals surface area contributed by atoms with Crippen molar-refractivity contribution in [1.29, 1.82) is 0 Å². The van der Waals surface area contributed by atoms with Gasteiger partial charge in [0.2, 0.25) is 0 Å². The van der Waals surface area contributed by atoms with Gasteiger partial charge in [-0.25, -0.2) is 4.79 Å². The third-order valence-electron chi connectivity index (χ3n) is 3.23. The Morgan fingerprint density at radius 1 is 1.45 bits per heavy atom. The van der Waals surface area contributed by atoms with Crippen molar-refractivity contribution in [3.05, 3.63) is 29.8 Å². The van der Waals surface area contributed by atoms with Gasteiger partial charge in [-0.2, -0.15) is 0 Å². The number of hydrogen-bond acceptors (Lipinski definition) is 4. The van der Waals surface area contributed by atoms with Gasteiger partial charge in [0.1, 0.15) is 11.9 Å². The number of likely N-dealkylation sites (tertiary alicyclic amines) is 1. The summed E-state index contributed by atoms with van der Waals surface area (Å²) in [6.07, 6.45) is 2.03. The summed E-state index contributed by atoms with van der Waals surface area (Å²) in [4.78, 5) is 13.9. The standard InChI is InChI=1S/C15H21NO3.ClH/c1-12-5-3-6-13(9-12)18-11-15(17)19-14-7-4-8-16(2)10-14;/h3,5-6,9,14H,4,7-8,10-11H2,1-2H3;1H. The molecule has 0 radical (unpaired) electrons. The van der Waals surface area contributed by atoms with Gasteiger partial charge in [-0.1, -0.05) is 12.1 Å². The third-order valence-corrected chi connectivity index (χ3v) is 3.23. The lowest BCUT2D eigenvalue weighted by Crippen LogP contribution is -2.38. The molecule has 1 unspecified atom stereocenters. The predicted molar refractivity (Wildman–Crippen MR) is 80.5 cm³/mol. The molecule has 0 spiro atoms. The number of rotatable bonds is 4. The second-order valence-corrected chi connectivity index (χ2v) is 5.12. The van der Waals surface area contributed by atoms with Gasteiger partial charge in [-0.15, -0.1) is 12.4 Å². The molecule has 1 aromatic rings. The van der Waals surface area contributed by atoms with E-state index in [0.29, 0.717) is 5.75 Å². The Kier molecular flexibility index (Phi) is 6.82. The number of nitrogens with zero attached hydrogens (tertiary/aromatic N) is 1. The summed E-state index contributed by atoms with van der Waals surface area (Å²) in [5.74, 6) is 0.416. The first kappa shape index (κ1) is 16.8. The molecule has 0 saturated carbocycles. The minimum absolute atomic E-state index is 0. The van der Waals surface area contributed by atoms with Gasteiger partial charge >= 0.3 is 5.97 Å². The van der Waals surface area contributed by atoms with Gasteiger partial charge in [0.05, 0.1) is 0 Å². The van der Waals surface area contributed by atoms with E-state index < -0.39 is 0 Å². The maximum Gasteiger partial charge on any atom is 0.344 e. The van der Waals surface area contributed by atoms with E-state index in [1.54, 1.807) is 0 Å². The minimum Gasteiger partial charge on any atom is -0.482 e. The number of likely N-dealkylation sites (N-methyl/N-ethyl adjacent to an activating group) is 1. The van der Waals surface area contributed by atoms with Crippen LogP contribution in [0.4, 0.5) is 0 Å². The van der Waals surface area contributed by atoms with Gasteiger partial charge in [0.25, 0.3) is 0 Å². The van der Waals surface area contributed by atoms with E-state index in [-0.39, 0.29) is 31.1 Å². The number of hydrogen-bond donors (Lipinski definition) is 0. The first-order valence-electron chi connectivity index (χ1n) is 6.71. The topological polar surface area (TPSA) is 38.8 Å². The molecule has 1 aromatic carbocycles. The molecule has 2 rings (SSSR count). The van der Waals surface area contributed by atoms with Gasteiger partial charge in [0, 0.05) is 6.54 Å². The first-order valence-corrected chi connectivity index (χ1v) is 6.71. The normalized spacial score (nSPS) is 19.0. The van der Waals surface area contributed by atoms with E-state index in [2.05, 4.69) is 4.90 Å². The van der Waals surface area contributed by atoms with Crippen LogP contribution in [-0.4, -0.2) is 43.7 Å². The molecular weight excluding hydrogens is 278 g/mol. The average molecular weight is 300 g/mol. The molecule has 20 heavy (non-hydrogen) atoms. The quantitative estimate of drug-likeness (QED) is 0.801. The third kappa shape index (κ3) is 5.39. The van der Waals surface area contributed by atoms with Crippen molar-refractivity contribution >= 4 is 18.4 Å². The Bertz CT molecular complexity index is 439. The van der Waals surface area contributed by atoms with E-state index >= 15 is 0 Å². The number of aryl methyl sites for hydroxylation is 1. The second-order valence-electron chi connectivity index (χ2n) is 5.12. The fourth-order valence-corrected chi connectivity index (χ4v) is 2.28. The molecule has 0 amide bonds. The smallest absolute Gasteiger partial charge is 0.344 e. The minimum atomic E-state index is -0.290. The Hall–Kier alpha value is -1.26. The number of ether oxygens (including phenoxy) is 2. The fraction of sp³-hybridized carbons (Fsp3) is 0.533. The van der Waals surface area contributed by atoms with Crippen molar-refractivity contribution < 1.29 is 14.3 Å². The van der Waals surface area contributed by atoms with Crippen molar-refractivity contribution in [1.82, 2.24) is 4.90 Å². The monoisotopic (exact) mass is 299 g/mol. The molecule has 1 heterocycles.